The Hall–Kier alpha value is -2.00. The topological polar surface area (TPSA) is 63.7 Å². The Labute approximate surface area is 109 Å². The SMILES string of the molecule is Cn1ncnc1SCCOc1ccccc1C#N. The zero-order valence-electron chi connectivity index (χ0n) is 9.91. The van der Waals surface area contributed by atoms with Gasteiger partial charge in [-0.2, -0.15) is 10.4 Å². The van der Waals surface area contributed by atoms with Crippen molar-refractivity contribution in [2.75, 3.05) is 12.4 Å². The minimum absolute atomic E-state index is 0.524. The molecule has 0 aliphatic rings. The summed E-state index contributed by atoms with van der Waals surface area (Å²) in [7, 11) is 1.85. The van der Waals surface area contributed by atoms with Gasteiger partial charge in [-0.15, -0.1) is 0 Å². The molecule has 2 aromatic rings. The van der Waals surface area contributed by atoms with Crippen LogP contribution in [0.1, 0.15) is 5.56 Å². The van der Waals surface area contributed by atoms with Crippen molar-refractivity contribution in [1.82, 2.24) is 14.8 Å². The number of ether oxygens (including phenoxy) is 1. The van der Waals surface area contributed by atoms with Crippen LogP contribution in [-0.4, -0.2) is 27.1 Å². The summed E-state index contributed by atoms with van der Waals surface area (Å²) in [4.78, 5) is 4.10. The molecular weight excluding hydrogens is 248 g/mol. The summed E-state index contributed by atoms with van der Waals surface area (Å²) in [5.74, 6) is 1.38. The van der Waals surface area contributed by atoms with Gasteiger partial charge in [-0.1, -0.05) is 23.9 Å². The quantitative estimate of drug-likeness (QED) is 0.606. The van der Waals surface area contributed by atoms with Gasteiger partial charge in [0, 0.05) is 12.8 Å². The van der Waals surface area contributed by atoms with Crippen molar-refractivity contribution in [3.05, 3.63) is 36.2 Å². The Morgan fingerprint density at radius 1 is 1.44 bits per heavy atom. The minimum Gasteiger partial charge on any atom is -0.491 e. The van der Waals surface area contributed by atoms with Crippen LogP contribution in [0.3, 0.4) is 0 Å². The van der Waals surface area contributed by atoms with Gasteiger partial charge in [0.05, 0.1) is 12.2 Å². The van der Waals surface area contributed by atoms with E-state index in [9.17, 15) is 0 Å². The number of nitriles is 1. The van der Waals surface area contributed by atoms with E-state index in [-0.39, 0.29) is 0 Å². The summed E-state index contributed by atoms with van der Waals surface area (Å²) in [6, 6.07) is 9.31. The first-order valence-corrected chi connectivity index (χ1v) is 6.38. The first-order chi connectivity index (χ1) is 8.81. The lowest BCUT2D eigenvalue weighted by Gasteiger charge is -2.06. The maximum absolute atomic E-state index is 8.90. The third-order valence-electron chi connectivity index (χ3n) is 2.25. The summed E-state index contributed by atoms with van der Waals surface area (Å²) in [6.07, 6.45) is 1.52. The number of benzene rings is 1. The van der Waals surface area contributed by atoms with Crippen molar-refractivity contribution in [3.63, 3.8) is 0 Å². The number of rotatable bonds is 5. The van der Waals surface area contributed by atoms with Crippen molar-refractivity contribution in [2.45, 2.75) is 5.16 Å². The van der Waals surface area contributed by atoms with Crippen molar-refractivity contribution in [3.8, 4) is 11.8 Å². The van der Waals surface area contributed by atoms with Crippen LogP contribution in [0.5, 0.6) is 5.75 Å². The number of aromatic nitrogens is 3. The highest BCUT2D eigenvalue weighted by molar-refractivity contribution is 7.99. The number of hydrogen-bond donors (Lipinski definition) is 0. The zero-order valence-corrected chi connectivity index (χ0v) is 10.7. The molecule has 0 saturated heterocycles. The molecule has 0 fully saturated rings. The fourth-order valence-electron chi connectivity index (χ4n) is 1.39. The Bertz CT molecular complexity index is 561. The molecule has 0 bridgehead atoms. The average molecular weight is 260 g/mol. The zero-order chi connectivity index (χ0) is 12.8. The Morgan fingerprint density at radius 3 is 3.00 bits per heavy atom. The fraction of sp³-hybridized carbons (Fsp3) is 0.250. The van der Waals surface area contributed by atoms with Gasteiger partial charge >= 0.3 is 0 Å². The molecule has 1 heterocycles. The van der Waals surface area contributed by atoms with Crippen LogP contribution in [0.25, 0.3) is 0 Å². The van der Waals surface area contributed by atoms with E-state index in [1.807, 2.05) is 19.2 Å². The van der Waals surface area contributed by atoms with E-state index in [2.05, 4.69) is 16.2 Å². The van der Waals surface area contributed by atoms with Crippen LogP contribution >= 0.6 is 11.8 Å². The van der Waals surface area contributed by atoms with Gasteiger partial charge in [-0.3, -0.25) is 0 Å². The predicted octanol–water partition coefficient (Wildman–Crippen LogP) is 1.86. The lowest BCUT2D eigenvalue weighted by atomic mass is 10.2. The second kappa shape index (κ2) is 6.07. The van der Waals surface area contributed by atoms with E-state index in [0.29, 0.717) is 17.9 Å². The maximum atomic E-state index is 8.90. The molecule has 0 atom stereocenters. The molecule has 1 aromatic carbocycles. The van der Waals surface area contributed by atoms with Crippen LogP contribution in [0.15, 0.2) is 35.7 Å². The van der Waals surface area contributed by atoms with Crippen molar-refractivity contribution in [1.29, 1.82) is 5.26 Å². The highest BCUT2D eigenvalue weighted by atomic mass is 32.2. The average Bonchev–Trinajstić information content (AvgIpc) is 2.81. The summed E-state index contributed by atoms with van der Waals surface area (Å²) in [6.45, 7) is 0.524. The molecular formula is C12H12N4OS. The lowest BCUT2D eigenvalue weighted by molar-refractivity contribution is 0.343. The van der Waals surface area contributed by atoms with Crippen LogP contribution in [0.4, 0.5) is 0 Å². The Morgan fingerprint density at radius 2 is 2.28 bits per heavy atom. The molecule has 92 valence electrons. The monoisotopic (exact) mass is 260 g/mol. The third-order valence-corrected chi connectivity index (χ3v) is 3.25. The van der Waals surface area contributed by atoms with Gasteiger partial charge in [-0.25, -0.2) is 9.67 Å². The highest BCUT2D eigenvalue weighted by Gasteiger charge is 2.03. The number of nitrogens with zero attached hydrogens (tertiary/aromatic N) is 4. The second-order valence-electron chi connectivity index (χ2n) is 3.47. The van der Waals surface area contributed by atoms with E-state index < -0.39 is 0 Å². The molecule has 0 aliphatic heterocycles. The van der Waals surface area contributed by atoms with Crippen LogP contribution in [0, 0.1) is 11.3 Å². The number of para-hydroxylation sites is 1. The van der Waals surface area contributed by atoms with E-state index >= 15 is 0 Å². The molecule has 0 unspecified atom stereocenters. The summed E-state index contributed by atoms with van der Waals surface area (Å²) in [5, 5.41) is 13.7. The van der Waals surface area contributed by atoms with Crippen molar-refractivity contribution < 1.29 is 4.74 Å². The fourth-order valence-corrected chi connectivity index (χ4v) is 2.09. The van der Waals surface area contributed by atoms with Gasteiger partial charge in [-0.05, 0) is 12.1 Å². The normalized spacial score (nSPS) is 10.0. The molecule has 1 aromatic heterocycles. The summed E-state index contributed by atoms with van der Waals surface area (Å²) >= 11 is 1.57. The van der Waals surface area contributed by atoms with Crippen molar-refractivity contribution >= 4 is 11.8 Å². The van der Waals surface area contributed by atoms with E-state index in [1.54, 1.807) is 28.6 Å². The molecule has 6 heteroatoms. The van der Waals surface area contributed by atoms with Gasteiger partial charge in [0.2, 0.25) is 0 Å². The lowest BCUT2D eigenvalue weighted by Crippen LogP contribution is -2.03. The largest absolute Gasteiger partial charge is 0.491 e. The molecule has 5 nitrogen and oxygen atoms in total. The number of hydrogen-bond acceptors (Lipinski definition) is 5. The standard InChI is InChI=1S/C12H12N4OS/c1-16-12(14-9-15-16)18-7-6-17-11-5-3-2-4-10(11)8-13/h2-5,9H,6-7H2,1H3. The van der Waals surface area contributed by atoms with Crippen molar-refractivity contribution in [2.24, 2.45) is 7.05 Å². The molecule has 0 N–H and O–H groups in total. The minimum atomic E-state index is 0.524. The number of thioether (sulfide) groups is 1. The first-order valence-electron chi connectivity index (χ1n) is 5.40. The van der Waals surface area contributed by atoms with E-state index in [4.69, 9.17) is 10.00 Å². The van der Waals surface area contributed by atoms with Gasteiger partial charge < -0.3 is 4.74 Å². The first kappa shape index (κ1) is 12.5. The molecule has 0 amide bonds. The number of aryl methyl sites for hydroxylation is 1. The molecule has 0 spiro atoms. The molecule has 0 aliphatic carbocycles. The van der Waals surface area contributed by atoms with Gasteiger partial charge in [0.25, 0.3) is 0 Å². The van der Waals surface area contributed by atoms with Gasteiger partial charge in [0.15, 0.2) is 5.16 Å². The van der Waals surface area contributed by atoms with Crippen LogP contribution < -0.4 is 4.74 Å². The third kappa shape index (κ3) is 3.02. The predicted molar refractivity (Wildman–Crippen MR) is 68.4 cm³/mol. The highest BCUT2D eigenvalue weighted by Crippen LogP contribution is 2.18. The summed E-state index contributed by atoms with van der Waals surface area (Å²) in [5.41, 5.74) is 0.557. The maximum Gasteiger partial charge on any atom is 0.185 e. The van der Waals surface area contributed by atoms with Gasteiger partial charge in [0.1, 0.15) is 18.1 Å². The molecule has 0 saturated carbocycles. The van der Waals surface area contributed by atoms with E-state index in [0.717, 1.165) is 10.9 Å². The Balaban J connectivity index is 1.82. The molecule has 18 heavy (non-hydrogen) atoms. The second-order valence-corrected chi connectivity index (χ2v) is 4.53. The Kier molecular flexibility index (Phi) is 4.20. The van der Waals surface area contributed by atoms with Crippen LogP contribution in [0.2, 0.25) is 0 Å². The van der Waals surface area contributed by atoms with Crippen LogP contribution in [-0.2, 0) is 7.05 Å². The molecule has 0 radical (unpaired) electrons. The van der Waals surface area contributed by atoms with E-state index in [1.165, 1.54) is 6.33 Å². The smallest absolute Gasteiger partial charge is 0.185 e. The molecule has 2 rings (SSSR count). The summed E-state index contributed by atoms with van der Waals surface area (Å²) < 4.78 is 7.28.